The van der Waals surface area contributed by atoms with Crippen molar-refractivity contribution in [1.82, 2.24) is 0 Å². The number of benzene rings is 1. The summed E-state index contributed by atoms with van der Waals surface area (Å²) in [5, 5.41) is 0. The average molecular weight is 195 g/mol. The lowest BCUT2D eigenvalue weighted by atomic mass is 10.1. The van der Waals surface area contributed by atoms with Gasteiger partial charge in [-0.3, -0.25) is 10.5 Å². The van der Waals surface area contributed by atoms with Gasteiger partial charge in [0.1, 0.15) is 5.75 Å². The molecule has 76 valence electrons. The maximum absolute atomic E-state index is 11.6. The number of carbonyl (C=O) groups excluding carboxylic acids is 1. The fraction of sp³-hybridized carbons (Fsp3) is 0.300. The molecule has 1 unspecified atom stereocenters. The van der Waals surface area contributed by atoms with Gasteiger partial charge in [-0.05, 0) is 12.1 Å². The van der Waals surface area contributed by atoms with E-state index in [1.54, 1.807) is 24.3 Å². The summed E-state index contributed by atoms with van der Waals surface area (Å²) in [5.41, 5.74) is 5.88. The van der Waals surface area contributed by atoms with E-state index >= 15 is 0 Å². The van der Waals surface area contributed by atoms with E-state index in [9.17, 15) is 4.79 Å². The second kappa shape index (κ2) is 4.74. The Labute approximate surface area is 82.6 Å². The Kier molecular flexibility index (Phi) is 3.62. The van der Waals surface area contributed by atoms with Crippen LogP contribution in [0.3, 0.4) is 0 Å². The van der Waals surface area contributed by atoms with Crippen LogP contribution < -0.4 is 10.5 Å². The van der Waals surface area contributed by atoms with Crippen molar-refractivity contribution in [3.05, 3.63) is 29.8 Å². The van der Waals surface area contributed by atoms with Gasteiger partial charge in [0.25, 0.3) is 0 Å². The first-order valence-electron chi connectivity index (χ1n) is 4.16. The molecular weight excluding hydrogens is 182 g/mol. The second-order valence-electron chi connectivity index (χ2n) is 2.72. The van der Waals surface area contributed by atoms with Gasteiger partial charge in [0.15, 0.2) is 6.23 Å². The number of nitrogens with two attached hydrogens (primary N) is 1. The summed E-state index contributed by atoms with van der Waals surface area (Å²) >= 11 is 0. The maximum atomic E-state index is 11.6. The van der Waals surface area contributed by atoms with Crippen molar-refractivity contribution in [1.29, 1.82) is 0 Å². The van der Waals surface area contributed by atoms with Crippen molar-refractivity contribution in [2.45, 2.75) is 6.23 Å². The quantitative estimate of drug-likeness (QED) is 0.570. The van der Waals surface area contributed by atoms with Gasteiger partial charge in [-0.1, -0.05) is 12.1 Å². The second-order valence-corrected chi connectivity index (χ2v) is 2.72. The lowest BCUT2D eigenvalue weighted by Crippen LogP contribution is -2.32. The maximum Gasteiger partial charge on any atom is 0.209 e. The Morgan fingerprint density at radius 1 is 1.36 bits per heavy atom. The van der Waals surface area contributed by atoms with E-state index in [4.69, 9.17) is 15.2 Å². The van der Waals surface area contributed by atoms with Crippen LogP contribution in [0.15, 0.2) is 24.3 Å². The fourth-order valence-electron chi connectivity index (χ4n) is 1.11. The molecule has 0 radical (unpaired) electrons. The Hall–Kier alpha value is -1.39. The molecule has 1 rings (SSSR count). The predicted molar refractivity (Wildman–Crippen MR) is 52.3 cm³/mol. The molecule has 0 amide bonds. The largest absolute Gasteiger partial charge is 0.496 e. The van der Waals surface area contributed by atoms with Crippen molar-refractivity contribution >= 4 is 5.78 Å². The molecule has 1 aromatic carbocycles. The Balaban J connectivity index is 3.00. The normalized spacial score (nSPS) is 12.2. The van der Waals surface area contributed by atoms with Crippen LogP contribution >= 0.6 is 0 Å². The summed E-state index contributed by atoms with van der Waals surface area (Å²) in [4.78, 5) is 11.6. The summed E-state index contributed by atoms with van der Waals surface area (Å²) in [6, 6.07) is 6.89. The number of methoxy groups -OCH3 is 2. The SMILES string of the molecule is COc1ccccc1C(=O)C(N)OC. The van der Waals surface area contributed by atoms with Crippen LogP contribution in [0.2, 0.25) is 0 Å². The zero-order chi connectivity index (χ0) is 10.6. The summed E-state index contributed by atoms with van der Waals surface area (Å²) in [5.74, 6) is 0.218. The topological polar surface area (TPSA) is 61.5 Å². The molecule has 0 bridgehead atoms. The van der Waals surface area contributed by atoms with Gasteiger partial charge in [-0.2, -0.15) is 0 Å². The van der Waals surface area contributed by atoms with Gasteiger partial charge in [-0.15, -0.1) is 0 Å². The van der Waals surface area contributed by atoms with Crippen LogP contribution in [-0.2, 0) is 4.74 Å². The minimum atomic E-state index is -0.939. The number of hydrogen-bond donors (Lipinski definition) is 1. The highest BCUT2D eigenvalue weighted by atomic mass is 16.5. The Morgan fingerprint density at radius 3 is 2.57 bits per heavy atom. The van der Waals surface area contributed by atoms with E-state index in [0.717, 1.165) is 0 Å². The summed E-state index contributed by atoms with van der Waals surface area (Å²) in [7, 11) is 2.89. The molecule has 0 aliphatic heterocycles. The summed E-state index contributed by atoms with van der Waals surface area (Å²) < 4.78 is 9.77. The van der Waals surface area contributed by atoms with Gasteiger partial charge in [0, 0.05) is 7.11 Å². The van der Waals surface area contributed by atoms with Crippen molar-refractivity contribution < 1.29 is 14.3 Å². The molecule has 0 fully saturated rings. The summed E-state index contributed by atoms with van der Waals surface area (Å²) in [6.45, 7) is 0. The van der Waals surface area contributed by atoms with Gasteiger partial charge in [0.05, 0.1) is 12.7 Å². The Bertz CT molecular complexity index is 325. The molecule has 0 saturated carbocycles. The van der Waals surface area contributed by atoms with E-state index in [-0.39, 0.29) is 5.78 Å². The van der Waals surface area contributed by atoms with Gasteiger partial charge < -0.3 is 9.47 Å². The number of rotatable bonds is 4. The van der Waals surface area contributed by atoms with E-state index in [1.165, 1.54) is 14.2 Å². The smallest absolute Gasteiger partial charge is 0.209 e. The van der Waals surface area contributed by atoms with Crippen LogP contribution in [0, 0.1) is 0 Å². The van der Waals surface area contributed by atoms with Crippen molar-refractivity contribution in [2.75, 3.05) is 14.2 Å². The van der Waals surface area contributed by atoms with Gasteiger partial charge >= 0.3 is 0 Å². The summed E-state index contributed by atoms with van der Waals surface area (Å²) in [6.07, 6.45) is -0.939. The molecular formula is C10H13NO3. The van der Waals surface area contributed by atoms with Crippen LogP contribution in [0.1, 0.15) is 10.4 Å². The van der Waals surface area contributed by atoms with E-state index in [2.05, 4.69) is 0 Å². The number of ether oxygens (including phenoxy) is 2. The minimum absolute atomic E-state index is 0.287. The minimum Gasteiger partial charge on any atom is -0.496 e. The zero-order valence-corrected chi connectivity index (χ0v) is 8.19. The molecule has 0 aromatic heterocycles. The molecule has 1 atom stereocenters. The number of para-hydroxylation sites is 1. The van der Waals surface area contributed by atoms with E-state index in [1.807, 2.05) is 0 Å². The van der Waals surface area contributed by atoms with Crippen LogP contribution in [0.5, 0.6) is 5.75 Å². The number of carbonyl (C=O) groups is 1. The fourth-order valence-corrected chi connectivity index (χ4v) is 1.11. The van der Waals surface area contributed by atoms with Crippen LogP contribution in [-0.4, -0.2) is 26.2 Å². The lowest BCUT2D eigenvalue weighted by molar-refractivity contribution is 0.0621. The number of ketones is 1. The Morgan fingerprint density at radius 2 is 2.00 bits per heavy atom. The third-order valence-electron chi connectivity index (χ3n) is 1.88. The lowest BCUT2D eigenvalue weighted by Gasteiger charge is -2.11. The molecule has 0 heterocycles. The van der Waals surface area contributed by atoms with Crippen LogP contribution in [0.4, 0.5) is 0 Å². The standard InChI is InChI=1S/C10H13NO3/c1-13-8-6-4-3-5-7(8)9(12)10(11)14-2/h3-6,10H,11H2,1-2H3. The van der Waals surface area contributed by atoms with Gasteiger partial charge in [-0.25, -0.2) is 0 Å². The molecule has 0 aliphatic carbocycles. The van der Waals surface area contributed by atoms with Crippen LogP contribution in [0.25, 0.3) is 0 Å². The van der Waals surface area contributed by atoms with Crippen molar-refractivity contribution in [3.63, 3.8) is 0 Å². The molecule has 4 heteroatoms. The number of Topliss-reactive ketones (excluding diaryl/α,β-unsaturated/α-hetero) is 1. The highest BCUT2D eigenvalue weighted by Gasteiger charge is 2.18. The first kappa shape index (κ1) is 10.7. The van der Waals surface area contributed by atoms with E-state index < -0.39 is 6.23 Å². The predicted octanol–water partition coefficient (Wildman–Crippen LogP) is 0.809. The molecule has 14 heavy (non-hydrogen) atoms. The first-order valence-corrected chi connectivity index (χ1v) is 4.16. The molecule has 0 spiro atoms. The third kappa shape index (κ3) is 2.10. The molecule has 4 nitrogen and oxygen atoms in total. The zero-order valence-electron chi connectivity index (χ0n) is 8.19. The number of hydrogen-bond acceptors (Lipinski definition) is 4. The molecule has 0 saturated heterocycles. The van der Waals surface area contributed by atoms with Gasteiger partial charge in [0.2, 0.25) is 5.78 Å². The van der Waals surface area contributed by atoms with Crippen molar-refractivity contribution in [2.24, 2.45) is 5.73 Å². The average Bonchev–Trinajstić information content (AvgIpc) is 2.26. The van der Waals surface area contributed by atoms with Crippen molar-refractivity contribution in [3.8, 4) is 5.75 Å². The third-order valence-corrected chi connectivity index (χ3v) is 1.88. The molecule has 0 aliphatic rings. The molecule has 2 N–H and O–H groups in total. The highest BCUT2D eigenvalue weighted by molar-refractivity contribution is 6.01. The highest BCUT2D eigenvalue weighted by Crippen LogP contribution is 2.18. The monoisotopic (exact) mass is 195 g/mol. The molecule has 1 aromatic rings. The van der Waals surface area contributed by atoms with E-state index in [0.29, 0.717) is 11.3 Å². The first-order chi connectivity index (χ1) is 6.70.